The van der Waals surface area contributed by atoms with Gasteiger partial charge in [0.1, 0.15) is 5.15 Å². The Bertz CT molecular complexity index is 370. The van der Waals surface area contributed by atoms with Crippen molar-refractivity contribution >= 4 is 33.4 Å². The van der Waals surface area contributed by atoms with E-state index < -0.39 is 17.3 Å². The number of carbonyl (C=O) groups excluding carboxylic acids is 1. The van der Waals surface area contributed by atoms with E-state index in [1.807, 2.05) is 5.32 Å². The second-order valence-corrected chi connectivity index (χ2v) is 4.16. The van der Waals surface area contributed by atoms with Crippen molar-refractivity contribution in [1.29, 1.82) is 0 Å². The summed E-state index contributed by atoms with van der Waals surface area (Å²) in [6.45, 7) is -0.808. The predicted molar refractivity (Wildman–Crippen MR) is 55.5 cm³/mol. The van der Waals surface area contributed by atoms with E-state index in [1.165, 1.54) is 18.3 Å². The van der Waals surface area contributed by atoms with Crippen molar-refractivity contribution in [3.8, 4) is 0 Å². The topological polar surface area (TPSA) is 42.0 Å². The fraction of sp³-hybridized carbons (Fsp3) is 0.250. The molecular formula is C8H6BrClF2N2O. The van der Waals surface area contributed by atoms with Gasteiger partial charge in [0.05, 0.1) is 12.1 Å². The number of nitrogens with one attached hydrogen (secondary N) is 1. The van der Waals surface area contributed by atoms with Crippen LogP contribution in [-0.4, -0.2) is 22.3 Å². The maximum absolute atomic E-state index is 12.4. The summed E-state index contributed by atoms with van der Waals surface area (Å²) in [4.78, 5) is 11.8. The van der Waals surface area contributed by atoms with Gasteiger partial charge in [0.2, 0.25) is 0 Å². The molecule has 0 saturated carbocycles. The van der Waals surface area contributed by atoms with Crippen LogP contribution >= 0.6 is 27.5 Å². The van der Waals surface area contributed by atoms with E-state index in [0.29, 0.717) is 0 Å². The molecule has 1 rings (SSSR count). The summed E-state index contributed by atoms with van der Waals surface area (Å²) in [5, 5.41) is 2.00. The molecule has 0 bridgehead atoms. The maximum atomic E-state index is 12.4. The minimum atomic E-state index is -3.13. The van der Waals surface area contributed by atoms with Crippen LogP contribution in [-0.2, 0) is 0 Å². The lowest BCUT2D eigenvalue weighted by Crippen LogP contribution is -2.33. The first kappa shape index (κ1) is 12.3. The lowest BCUT2D eigenvalue weighted by Gasteiger charge is -2.09. The maximum Gasteiger partial charge on any atom is 0.318 e. The standard InChI is InChI=1S/C8H6BrClF2N2O/c9-8(11,12)4-14-7(15)5-2-1-3-13-6(5)10/h1-3H,4H2,(H,14,15). The van der Waals surface area contributed by atoms with Crippen molar-refractivity contribution in [3.05, 3.63) is 29.0 Å². The minimum absolute atomic E-state index is 0.0205. The zero-order chi connectivity index (χ0) is 11.5. The van der Waals surface area contributed by atoms with Gasteiger partial charge in [-0.2, -0.15) is 8.78 Å². The van der Waals surface area contributed by atoms with Crippen LogP contribution in [0.3, 0.4) is 0 Å². The summed E-state index contributed by atoms with van der Waals surface area (Å²) < 4.78 is 24.7. The first-order chi connectivity index (χ1) is 6.90. The molecule has 3 nitrogen and oxygen atoms in total. The molecule has 0 unspecified atom stereocenters. The number of nitrogens with zero attached hydrogens (tertiary/aromatic N) is 1. The third kappa shape index (κ3) is 4.09. The van der Waals surface area contributed by atoms with Crippen LogP contribution in [0.4, 0.5) is 8.78 Å². The van der Waals surface area contributed by atoms with Gasteiger partial charge >= 0.3 is 4.83 Å². The monoisotopic (exact) mass is 298 g/mol. The smallest absolute Gasteiger partial charge is 0.318 e. The molecule has 82 valence electrons. The Morgan fingerprint density at radius 1 is 1.67 bits per heavy atom. The molecule has 1 heterocycles. The van der Waals surface area contributed by atoms with E-state index in [4.69, 9.17) is 11.6 Å². The average Bonchev–Trinajstić information content (AvgIpc) is 2.14. The molecule has 1 aromatic rings. The molecular weight excluding hydrogens is 293 g/mol. The van der Waals surface area contributed by atoms with Gasteiger partial charge in [0, 0.05) is 6.20 Å². The molecule has 0 aromatic carbocycles. The zero-order valence-corrected chi connectivity index (χ0v) is 9.65. The number of aromatic nitrogens is 1. The van der Waals surface area contributed by atoms with Gasteiger partial charge in [-0.05, 0) is 28.1 Å². The Balaban J connectivity index is 2.66. The van der Waals surface area contributed by atoms with Gasteiger partial charge in [0.25, 0.3) is 5.91 Å². The minimum Gasteiger partial charge on any atom is -0.345 e. The van der Waals surface area contributed by atoms with Crippen molar-refractivity contribution in [3.63, 3.8) is 0 Å². The Labute approximate surface area is 98.0 Å². The normalized spacial score (nSPS) is 11.2. The van der Waals surface area contributed by atoms with Crippen LogP contribution in [0.15, 0.2) is 18.3 Å². The predicted octanol–water partition coefficient (Wildman–Crippen LogP) is 2.45. The van der Waals surface area contributed by atoms with Gasteiger partial charge in [-0.15, -0.1) is 0 Å². The SMILES string of the molecule is O=C(NCC(F)(F)Br)c1cccnc1Cl. The lowest BCUT2D eigenvalue weighted by atomic mass is 10.3. The Morgan fingerprint density at radius 2 is 2.33 bits per heavy atom. The molecule has 15 heavy (non-hydrogen) atoms. The summed E-state index contributed by atoms with van der Waals surface area (Å²) in [6.07, 6.45) is 1.40. The van der Waals surface area contributed by atoms with E-state index >= 15 is 0 Å². The summed E-state index contributed by atoms with van der Waals surface area (Å²) in [6, 6.07) is 2.89. The second kappa shape index (κ2) is 4.85. The van der Waals surface area contributed by atoms with Gasteiger partial charge < -0.3 is 5.32 Å². The fourth-order valence-corrected chi connectivity index (χ4v) is 1.18. The molecule has 1 N–H and O–H groups in total. The van der Waals surface area contributed by atoms with Crippen molar-refractivity contribution in [2.45, 2.75) is 4.83 Å². The number of amides is 1. The number of hydrogen-bond acceptors (Lipinski definition) is 2. The number of carbonyl (C=O) groups is 1. The van der Waals surface area contributed by atoms with Gasteiger partial charge in [0.15, 0.2) is 0 Å². The van der Waals surface area contributed by atoms with Crippen molar-refractivity contribution < 1.29 is 13.6 Å². The number of rotatable bonds is 3. The lowest BCUT2D eigenvalue weighted by molar-refractivity contribution is 0.0835. The van der Waals surface area contributed by atoms with Crippen molar-refractivity contribution in [2.75, 3.05) is 6.54 Å². The number of alkyl halides is 3. The largest absolute Gasteiger partial charge is 0.345 e. The van der Waals surface area contributed by atoms with Crippen molar-refractivity contribution in [2.24, 2.45) is 0 Å². The molecule has 0 radical (unpaired) electrons. The highest BCUT2D eigenvalue weighted by molar-refractivity contribution is 9.10. The van der Waals surface area contributed by atoms with Crippen LogP contribution in [0.1, 0.15) is 10.4 Å². The number of pyridine rings is 1. The highest BCUT2D eigenvalue weighted by atomic mass is 79.9. The van der Waals surface area contributed by atoms with Crippen LogP contribution in [0.2, 0.25) is 5.15 Å². The summed E-state index contributed by atoms with van der Waals surface area (Å²) in [5.74, 6) is -0.688. The van der Waals surface area contributed by atoms with Crippen LogP contribution in [0, 0.1) is 0 Å². The van der Waals surface area contributed by atoms with Crippen LogP contribution in [0.5, 0.6) is 0 Å². The van der Waals surface area contributed by atoms with Gasteiger partial charge in [-0.1, -0.05) is 11.6 Å². The first-order valence-electron chi connectivity index (χ1n) is 3.85. The molecule has 0 saturated heterocycles. The van der Waals surface area contributed by atoms with Gasteiger partial charge in [-0.25, -0.2) is 4.98 Å². The molecule has 1 aromatic heterocycles. The first-order valence-corrected chi connectivity index (χ1v) is 5.03. The molecule has 7 heteroatoms. The fourth-order valence-electron chi connectivity index (χ4n) is 0.831. The van der Waals surface area contributed by atoms with E-state index in [-0.39, 0.29) is 10.7 Å². The third-order valence-electron chi connectivity index (χ3n) is 1.45. The third-order valence-corrected chi connectivity index (χ3v) is 2.03. The highest BCUT2D eigenvalue weighted by Crippen LogP contribution is 2.20. The number of halogens is 4. The molecule has 0 fully saturated rings. The van der Waals surface area contributed by atoms with E-state index in [2.05, 4.69) is 20.9 Å². The van der Waals surface area contributed by atoms with Crippen molar-refractivity contribution in [1.82, 2.24) is 10.3 Å². The Kier molecular flexibility index (Phi) is 3.98. The molecule has 0 aliphatic carbocycles. The molecule has 1 amide bonds. The summed E-state index contributed by atoms with van der Waals surface area (Å²) in [7, 11) is 0. The van der Waals surface area contributed by atoms with Crippen LogP contribution in [0.25, 0.3) is 0 Å². The molecule has 0 spiro atoms. The molecule has 0 aliphatic heterocycles. The van der Waals surface area contributed by atoms with Gasteiger partial charge in [-0.3, -0.25) is 4.79 Å². The van der Waals surface area contributed by atoms with E-state index in [9.17, 15) is 13.6 Å². The highest BCUT2D eigenvalue weighted by Gasteiger charge is 2.25. The van der Waals surface area contributed by atoms with E-state index in [1.54, 1.807) is 0 Å². The quantitative estimate of drug-likeness (QED) is 0.688. The Hall–Kier alpha value is -0.750. The zero-order valence-electron chi connectivity index (χ0n) is 7.31. The number of hydrogen-bond donors (Lipinski definition) is 1. The second-order valence-electron chi connectivity index (χ2n) is 2.64. The average molecular weight is 300 g/mol. The summed E-state index contributed by atoms with van der Waals surface area (Å²) in [5.41, 5.74) is 0.0657. The molecule has 0 aliphatic rings. The Morgan fingerprint density at radius 3 is 2.87 bits per heavy atom. The summed E-state index contributed by atoms with van der Waals surface area (Å²) >= 11 is 7.70. The molecule has 0 atom stereocenters. The van der Waals surface area contributed by atoms with E-state index in [0.717, 1.165) is 0 Å². The van der Waals surface area contributed by atoms with Crippen LogP contribution < -0.4 is 5.32 Å².